The van der Waals surface area contributed by atoms with E-state index in [1.807, 2.05) is 116 Å². The summed E-state index contributed by atoms with van der Waals surface area (Å²) in [5.41, 5.74) is 6.10. The molecule has 4 heterocycles. The topological polar surface area (TPSA) is 58.1 Å². The Balaban J connectivity index is 0.00000324. The number of fused-ring (bicyclic) bond motifs is 6. The maximum atomic E-state index is 6.60. The molecular formula is C39H25N4O3Pt-3. The van der Waals surface area contributed by atoms with Gasteiger partial charge in [0.25, 0.3) is 0 Å². The molecule has 0 radical (unpaired) electrons. The summed E-state index contributed by atoms with van der Waals surface area (Å²) in [6, 6.07) is 43.2. The number of furan rings is 2. The number of anilines is 4. The fourth-order valence-corrected chi connectivity index (χ4v) is 6.04. The summed E-state index contributed by atoms with van der Waals surface area (Å²) in [6.45, 7) is 2.02. The van der Waals surface area contributed by atoms with Crippen molar-refractivity contribution in [2.75, 3.05) is 16.8 Å². The summed E-state index contributed by atoms with van der Waals surface area (Å²) < 4.78 is 19.5. The van der Waals surface area contributed by atoms with Gasteiger partial charge in [0.15, 0.2) is 0 Å². The maximum absolute atomic E-state index is 6.60. The van der Waals surface area contributed by atoms with Crippen molar-refractivity contribution in [3.05, 3.63) is 147 Å². The van der Waals surface area contributed by atoms with Gasteiger partial charge in [-0.1, -0.05) is 71.7 Å². The summed E-state index contributed by atoms with van der Waals surface area (Å²) >= 11 is 0. The van der Waals surface area contributed by atoms with Crippen molar-refractivity contribution >= 4 is 66.6 Å². The SMILES string of the molecule is CN1C=CN(c2[c-]c(N(c3[c-]c(Oc4ccccn4)c4c(c3)oc3ccccc34)c3ccccc3)c3oc4ccccc4c3c2)[CH-]1.[Pt]. The molecule has 0 fully saturated rings. The third kappa shape index (κ3) is 5.00. The minimum absolute atomic E-state index is 0. The van der Waals surface area contributed by atoms with Crippen LogP contribution in [-0.4, -0.2) is 16.9 Å². The summed E-state index contributed by atoms with van der Waals surface area (Å²) in [4.78, 5) is 10.6. The molecule has 0 saturated carbocycles. The summed E-state index contributed by atoms with van der Waals surface area (Å²) in [6.07, 6.45) is 5.73. The van der Waals surface area contributed by atoms with Gasteiger partial charge in [0.05, 0.1) is 0 Å². The smallest absolute Gasteiger partial charge is 0.216 e. The molecule has 7 nitrogen and oxygen atoms in total. The molecule has 3 aromatic heterocycles. The molecule has 0 amide bonds. The number of hydrogen-bond acceptors (Lipinski definition) is 7. The second-order valence-corrected chi connectivity index (χ2v) is 11.1. The Labute approximate surface area is 285 Å². The Morgan fingerprint density at radius 2 is 1.49 bits per heavy atom. The van der Waals surface area contributed by atoms with E-state index in [1.54, 1.807) is 6.20 Å². The molecule has 1 aliphatic heterocycles. The molecule has 8 heteroatoms. The van der Waals surface area contributed by atoms with Gasteiger partial charge in [-0.25, -0.2) is 4.98 Å². The van der Waals surface area contributed by atoms with Gasteiger partial charge in [-0.2, -0.15) is 6.67 Å². The van der Waals surface area contributed by atoms with E-state index >= 15 is 0 Å². The van der Waals surface area contributed by atoms with E-state index in [1.165, 1.54) is 0 Å². The number of pyridine rings is 1. The Morgan fingerprint density at radius 3 is 2.26 bits per heavy atom. The minimum Gasteiger partial charge on any atom is -0.513 e. The number of hydrogen-bond donors (Lipinski definition) is 0. The average molecular weight is 793 g/mol. The van der Waals surface area contributed by atoms with Crippen LogP contribution in [0.3, 0.4) is 0 Å². The molecule has 0 atom stereocenters. The zero-order chi connectivity index (χ0) is 30.6. The standard InChI is InChI=1S/C39H25N4O3.Pt/c1-41-19-20-42(25-41)27-21-31-29-13-5-7-15-33(29)46-39(31)32(22-27)43(26-11-3-2-4-12-26)28-23-35-38(30-14-6-8-16-34(30)44-35)36(24-28)45-37-17-9-10-18-40-37;/h2-21,23,25H,1H3;/q-3;. The predicted octanol–water partition coefficient (Wildman–Crippen LogP) is 10.1. The first-order valence-electron chi connectivity index (χ1n) is 14.9. The first kappa shape index (κ1) is 28.9. The molecule has 1 aliphatic rings. The summed E-state index contributed by atoms with van der Waals surface area (Å²) in [5.74, 6) is 0.967. The monoisotopic (exact) mass is 792 g/mol. The van der Waals surface area contributed by atoms with Crippen LogP contribution >= 0.6 is 0 Å². The van der Waals surface area contributed by atoms with Crippen LogP contribution in [0.2, 0.25) is 0 Å². The first-order valence-corrected chi connectivity index (χ1v) is 14.9. The molecule has 5 aromatic carbocycles. The molecule has 0 unspecified atom stereocenters. The van der Waals surface area contributed by atoms with Gasteiger partial charge in [-0.15, -0.1) is 30.0 Å². The molecule has 0 aliphatic carbocycles. The van der Waals surface area contributed by atoms with Gasteiger partial charge in [-0.05, 0) is 66.2 Å². The quantitative estimate of drug-likeness (QED) is 0.156. The van der Waals surface area contributed by atoms with Gasteiger partial charge in [0.1, 0.15) is 11.2 Å². The molecule has 8 aromatic rings. The van der Waals surface area contributed by atoms with E-state index in [4.69, 9.17) is 13.6 Å². The Kier molecular flexibility index (Phi) is 7.19. The van der Waals surface area contributed by atoms with Crippen molar-refractivity contribution in [2.24, 2.45) is 0 Å². The second-order valence-electron chi connectivity index (χ2n) is 11.1. The molecule has 0 bridgehead atoms. The molecule has 0 saturated heterocycles. The molecule has 47 heavy (non-hydrogen) atoms. The summed E-state index contributed by atoms with van der Waals surface area (Å²) in [7, 11) is 2.00. The van der Waals surface area contributed by atoms with Crippen LogP contribution in [0.5, 0.6) is 11.6 Å². The van der Waals surface area contributed by atoms with Crippen LogP contribution in [0.25, 0.3) is 43.9 Å². The number of para-hydroxylation sites is 3. The van der Waals surface area contributed by atoms with Gasteiger partial charge in [0, 0.05) is 61.3 Å². The maximum Gasteiger partial charge on any atom is 0.216 e. The van der Waals surface area contributed by atoms with Crippen molar-refractivity contribution in [3.8, 4) is 11.6 Å². The number of benzene rings is 5. The van der Waals surface area contributed by atoms with E-state index in [9.17, 15) is 0 Å². The van der Waals surface area contributed by atoms with E-state index in [0.29, 0.717) is 28.5 Å². The predicted molar refractivity (Wildman–Crippen MR) is 181 cm³/mol. The van der Waals surface area contributed by atoms with E-state index in [2.05, 4.69) is 51.2 Å². The zero-order valence-electron chi connectivity index (χ0n) is 25.0. The number of nitrogens with zero attached hydrogens (tertiary/aromatic N) is 4. The minimum atomic E-state index is 0. The number of rotatable bonds is 6. The van der Waals surface area contributed by atoms with Gasteiger partial charge < -0.3 is 28.3 Å². The van der Waals surface area contributed by atoms with E-state index in [-0.39, 0.29) is 21.1 Å². The fourth-order valence-electron chi connectivity index (χ4n) is 6.04. The van der Waals surface area contributed by atoms with Crippen LogP contribution in [0.15, 0.2) is 137 Å². The van der Waals surface area contributed by atoms with Crippen LogP contribution in [0.1, 0.15) is 0 Å². The first-order chi connectivity index (χ1) is 22.7. The Bertz CT molecular complexity index is 2420. The Morgan fingerprint density at radius 1 is 0.745 bits per heavy atom. The van der Waals surface area contributed by atoms with Crippen LogP contribution < -0.4 is 14.5 Å². The zero-order valence-corrected chi connectivity index (χ0v) is 27.3. The van der Waals surface area contributed by atoms with E-state index in [0.717, 1.165) is 49.8 Å². The molecule has 0 N–H and O–H groups in total. The van der Waals surface area contributed by atoms with Gasteiger partial charge in [0.2, 0.25) is 5.88 Å². The number of aromatic nitrogens is 1. The van der Waals surface area contributed by atoms with Crippen LogP contribution in [-0.2, 0) is 21.1 Å². The van der Waals surface area contributed by atoms with Crippen molar-refractivity contribution in [1.29, 1.82) is 0 Å². The van der Waals surface area contributed by atoms with Gasteiger partial charge in [-0.3, -0.25) is 0 Å². The van der Waals surface area contributed by atoms with Crippen molar-refractivity contribution in [1.82, 2.24) is 9.88 Å². The molecular weight excluding hydrogens is 768 g/mol. The van der Waals surface area contributed by atoms with Crippen molar-refractivity contribution in [3.63, 3.8) is 0 Å². The Hall–Kier alpha value is -5.52. The largest absolute Gasteiger partial charge is 0.513 e. The fraction of sp³-hybridized carbons (Fsp3) is 0.0256. The third-order valence-corrected chi connectivity index (χ3v) is 8.11. The second kappa shape index (κ2) is 11.7. The number of ether oxygens (including phenoxy) is 1. The average Bonchev–Trinajstić information content (AvgIpc) is 3.81. The van der Waals surface area contributed by atoms with Crippen LogP contribution in [0.4, 0.5) is 22.7 Å². The summed E-state index contributed by atoms with van der Waals surface area (Å²) in [5, 5.41) is 3.76. The molecule has 0 spiro atoms. The normalized spacial score (nSPS) is 12.8. The van der Waals surface area contributed by atoms with Crippen molar-refractivity contribution < 1.29 is 34.6 Å². The van der Waals surface area contributed by atoms with E-state index < -0.39 is 0 Å². The van der Waals surface area contributed by atoms with Gasteiger partial charge >= 0.3 is 0 Å². The van der Waals surface area contributed by atoms with Crippen molar-refractivity contribution in [2.45, 2.75) is 0 Å². The molecule has 9 rings (SSSR count). The third-order valence-electron chi connectivity index (χ3n) is 8.11. The molecule has 232 valence electrons. The van der Waals surface area contributed by atoms with Crippen LogP contribution in [0, 0.1) is 18.8 Å².